The van der Waals surface area contributed by atoms with Crippen LogP contribution >= 0.6 is 0 Å². The zero-order valence-electron chi connectivity index (χ0n) is 17.3. The van der Waals surface area contributed by atoms with Crippen LogP contribution in [0.4, 0.5) is 35.9 Å². The molecular weight excluding hydrogens is 465 g/mol. The Kier molecular flexibility index (Phi) is 6.98. The number of anilines is 2. The maximum atomic E-state index is 13.3. The van der Waals surface area contributed by atoms with Crippen molar-refractivity contribution in [2.24, 2.45) is 0 Å². The van der Waals surface area contributed by atoms with Crippen molar-refractivity contribution in [3.05, 3.63) is 67.8 Å². The number of amides is 1. The van der Waals surface area contributed by atoms with Crippen LogP contribution in [0.15, 0.2) is 36.4 Å². The number of nitrogens with one attached hydrogen (secondary N) is 1. The number of nitro benzene ring substituents is 2. The van der Waals surface area contributed by atoms with Gasteiger partial charge in [-0.1, -0.05) is 0 Å². The van der Waals surface area contributed by atoms with Crippen molar-refractivity contribution in [3.63, 3.8) is 0 Å². The minimum Gasteiger partial charge on any atom is -0.452 e. The van der Waals surface area contributed by atoms with Crippen molar-refractivity contribution >= 4 is 34.6 Å². The van der Waals surface area contributed by atoms with E-state index in [1.165, 1.54) is 12.1 Å². The fraction of sp³-hybridized carbons (Fsp3) is 0.300. The molecule has 11 nitrogen and oxygen atoms in total. The number of carbonyl (C=O) groups is 2. The molecule has 0 unspecified atom stereocenters. The second-order valence-electron chi connectivity index (χ2n) is 7.26. The minimum absolute atomic E-state index is 0.157. The number of alkyl halides is 3. The molecule has 1 aliphatic rings. The molecule has 1 amide bonds. The molecule has 0 saturated carbocycles. The zero-order chi connectivity index (χ0) is 25.0. The number of ether oxygens (including phenoxy) is 1. The number of non-ortho nitro benzene ring substituents is 2. The first kappa shape index (κ1) is 24.4. The van der Waals surface area contributed by atoms with Gasteiger partial charge < -0.3 is 15.0 Å². The predicted octanol–water partition coefficient (Wildman–Crippen LogP) is 3.92. The van der Waals surface area contributed by atoms with Crippen molar-refractivity contribution < 1.29 is 37.3 Å². The van der Waals surface area contributed by atoms with Crippen molar-refractivity contribution in [1.29, 1.82) is 0 Å². The lowest BCUT2D eigenvalue weighted by Gasteiger charge is -2.20. The van der Waals surface area contributed by atoms with E-state index in [4.69, 9.17) is 4.74 Å². The summed E-state index contributed by atoms with van der Waals surface area (Å²) in [4.78, 5) is 46.7. The zero-order valence-corrected chi connectivity index (χ0v) is 17.3. The van der Waals surface area contributed by atoms with Gasteiger partial charge in [-0.05, 0) is 25.0 Å². The standard InChI is InChI=1S/C20H17F3N4O7/c21-20(22,23)15-10-13(27(32)33)3-5-16(15)24-18(28)11-34-19(29)14-9-12(26(30)31)4-6-17(14)25-7-1-2-8-25/h3-6,9-10H,1-2,7-8,11H2,(H,24,28). The second-order valence-corrected chi connectivity index (χ2v) is 7.26. The highest BCUT2D eigenvalue weighted by Gasteiger charge is 2.36. The van der Waals surface area contributed by atoms with E-state index in [1.807, 2.05) is 10.2 Å². The molecule has 1 aliphatic heterocycles. The van der Waals surface area contributed by atoms with Crippen molar-refractivity contribution in [3.8, 4) is 0 Å². The highest BCUT2D eigenvalue weighted by Crippen LogP contribution is 2.37. The number of benzene rings is 2. The summed E-state index contributed by atoms with van der Waals surface area (Å²) in [6, 6.07) is 5.39. The van der Waals surface area contributed by atoms with Gasteiger partial charge in [-0.2, -0.15) is 13.2 Å². The maximum Gasteiger partial charge on any atom is 0.418 e. The molecular formula is C20H17F3N4O7. The monoisotopic (exact) mass is 482 g/mol. The third-order valence-corrected chi connectivity index (χ3v) is 4.99. The molecule has 0 aliphatic carbocycles. The molecule has 1 saturated heterocycles. The molecule has 1 heterocycles. The Morgan fingerprint density at radius 1 is 1.00 bits per heavy atom. The van der Waals surface area contributed by atoms with Crippen molar-refractivity contribution in [2.75, 3.05) is 29.9 Å². The Bertz CT molecular complexity index is 1150. The first-order valence-corrected chi connectivity index (χ1v) is 9.83. The molecule has 180 valence electrons. The van der Waals surface area contributed by atoms with E-state index < -0.39 is 51.4 Å². The number of nitro groups is 2. The molecule has 14 heteroatoms. The lowest BCUT2D eigenvalue weighted by Crippen LogP contribution is -2.25. The third kappa shape index (κ3) is 5.57. The summed E-state index contributed by atoms with van der Waals surface area (Å²) < 4.78 is 44.7. The van der Waals surface area contributed by atoms with Gasteiger partial charge in [0.15, 0.2) is 6.61 Å². The van der Waals surface area contributed by atoms with E-state index in [1.54, 1.807) is 0 Å². The van der Waals surface area contributed by atoms with Crippen LogP contribution in [0.2, 0.25) is 0 Å². The summed E-state index contributed by atoms with van der Waals surface area (Å²) in [6.07, 6.45) is -3.30. The Morgan fingerprint density at radius 3 is 2.18 bits per heavy atom. The van der Waals surface area contributed by atoms with Gasteiger partial charge in [0.2, 0.25) is 0 Å². The number of carbonyl (C=O) groups excluding carboxylic acids is 2. The van der Waals surface area contributed by atoms with Crippen LogP contribution in [0.25, 0.3) is 0 Å². The molecule has 1 fully saturated rings. The average molecular weight is 482 g/mol. The third-order valence-electron chi connectivity index (χ3n) is 4.99. The summed E-state index contributed by atoms with van der Waals surface area (Å²) in [7, 11) is 0. The van der Waals surface area contributed by atoms with Crippen LogP contribution in [0, 0.1) is 20.2 Å². The SMILES string of the molecule is O=C(COC(=O)c1cc([N+](=O)[O-])ccc1N1CCCC1)Nc1ccc([N+](=O)[O-])cc1C(F)(F)F. The van der Waals surface area contributed by atoms with Crippen LogP contribution in [0.3, 0.4) is 0 Å². The van der Waals surface area contributed by atoms with Crippen LogP contribution in [-0.2, 0) is 15.7 Å². The van der Waals surface area contributed by atoms with Gasteiger partial charge in [-0.25, -0.2) is 4.79 Å². The summed E-state index contributed by atoms with van der Waals surface area (Å²) >= 11 is 0. The molecule has 0 aromatic heterocycles. The number of hydrogen-bond donors (Lipinski definition) is 1. The molecule has 0 spiro atoms. The highest BCUT2D eigenvalue weighted by molar-refractivity contribution is 5.99. The quantitative estimate of drug-likeness (QED) is 0.355. The molecule has 3 rings (SSSR count). The Morgan fingerprint density at radius 2 is 1.59 bits per heavy atom. The van der Waals surface area contributed by atoms with E-state index in [9.17, 15) is 43.0 Å². The summed E-state index contributed by atoms with van der Waals surface area (Å²) in [5, 5.41) is 23.8. The van der Waals surface area contributed by atoms with E-state index in [0.29, 0.717) is 24.8 Å². The Balaban J connectivity index is 1.76. The molecule has 2 aromatic rings. The van der Waals surface area contributed by atoms with Crippen molar-refractivity contribution in [1.82, 2.24) is 0 Å². The molecule has 0 bridgehead atoms. The molecule has 2 aromatic carbocycles. The number of esters is 1. The van der Waals surface area contributed by atoms with E-state index in [2.05, 4.69) is 0 Å². The first-order valence-electron chi connectivity index (χ1n) is 9.83. The normalized spacial score (nSPS) is 13.4. The fourth-order valence-electron chi connectivity index (χ4n) is 3.42. The maximum absolute atomic E-state index is 13.3. The topological polar surface area (TPSA) is 145 Å². The number of rotatable bonds is 7. The molecule has 34 heavy (non-hydrogen) atoms. The average Bonchev–Trinajstić information content (AvgIpc) is 3.31. The number of nitrogens with zero attached hydrogens (tertiary/aromatic N) is 3. The van der Waals surface area contributed by atoms with Crippen LogP contribution in [-0.4, -0.2) is 41.4 Å². The van der Waals surface area contributed by atoms with E-state index in [-0.39, 0.29) is 17.3 Å². The summed E-state index contributed by atoms with van der Waals surface area (Å²) in [5.74, 6) is -2.21. The summed E-state index contributed by atoms with van der Waals surface area (Å²) in [5.41, 5.74) is -3.18. The lowest BCUT2D eigenvalue weighted by atomic mass is 10.1. The predicted molar refractivity (Wildman–Crippen MR) is 112 cm³/mol. The fourth-order valence-corrected chi connectivity index (χ4v) is 3.42. The first-order chi connectivity index (χ1) is 16.0. The largest absolute Gasteiger partial charge is 0.452 e. The second kappa shape index (κ2) is 9.72. The molecule has 1 N–H and O–H groups in total. The number of halogens is 3. The van der Waals surface area contributed by atoms with Gasteiger partial charge in [-0.3, -0.25) is 25.0 Å². The minimum atomic E-state index is -5.00. The summed E-state index contributed by atoms with van der Waals surface area (Å²) in [6.45, 7) is 0.229. The van der Waals surface area contributed by atoms with Gasteiger partial charge in [-0.15, -0.1) is 0 Å². The molecule has 0 radical (unpaired) electrons. The van der Waals surface area contributed by atoms with Crippen LogP contribution < -0.4 is 10.2 Å². The Hall–Kier alpha value is -4.23. The van der Waals surface area contributed by atoms with Crippen LogP contribution in [0.5, 0.6) is 0 Å². The molecule has 0 atom stereocenters. The van der Waals surface area contributed by atoms with Gasteiger partial charge in [0.1, 0.15) is 0 Å². The van der Waals surface area contributed by atoms with Gasteiger partial charge >= 0.3 is 12.1 Å². The highest BCUT2D eigenvalue weighted by atomic mass is 19.4. The Labute approximate surface area is 189 Å². The van der Waals surface area contributed by atoms with Crippen molar-refractivity contribution in [2.45, 2.75) is 19.0 Å². The number of hydrogen-bond acceptors (Lipinski definition) is 8. The van der Waals surface area contributed by atoms with Gasteiger partial charge in [0.25, 0.3) is 17.3 Å². The lowest BCUT2D eigenvalue weighted by molar-refractivity contribution is -0.385. The van der Waals surface area contributed by atoms with E-state index >= 15 is 0 Å². The van der Waals surface area contributed by atoms with Gasteiger partial charge in [0, 0.05) is 37.4 Å². The smallest absolute Gasteiger partial charge is 0.418 e. The van der Waals surface area contributed by atoms with Gasteiger partial charge in [0.05, 0.1) is 32.3 Å². The van der Waals surface area contributed by atoms with E-state index in [0.717, 1.165) is 25.0 Å². The van der Waals surface area contributed by atoms with Crippen LogP contribution in [0.1, 0.15) is 28.8 Å².